The molecular weight excluding hydrogens is 384 g/mol. The van der Waals surface area contributed by atoms with Crippen LogP contribution >= 0.6 is 0 Å². The zero-order valence-corrected chi connectivity index (χ0v) is 17.7. The van der Waals surface area contributed by atoms with E-state index in [0.29, 0.717) is 11.8 Å². The summed E-state index contributed by atoms with van der Waals surface area (Å²) >= 11 is 0. The molecule has 0 saturated carbocycles. The van der Waals surface area contributed by atoms with Crippen molar-refractivity contribution in [3.63, 3.8) is 0 Å². The summed E-state index contributed by atoms with van der Waals surface area (Å²) in [6.07, 6.45) is 2.95. The number of benzene rings is 3. The molecule has 0 saturated heterocycles. The van der Waals surface area contributed by atoms with Gasteiger partial charge in [-0.15, -0.1) is 0 Å². The average molecular weight is 411 g/mol. The van der Waals surface area contributed by atoms with Crippen LogP contribution in [0.25, 0.3) is 22.6 Å². The average Bonchev–Trinajstić information content (AvgIpc) is 3.26. The third-order valence-electron chi connectivity index (χ3n) is 6.11. The molecule has 1 unspecified atom stereocenters. The Labute approximate surface area is 182 Å². The van der Waals surface area contributed by atoms with Crippen molar-refractivity contribution in [2.45, 2.75) is 32.2 Å². The minimum atomic E-state index is 0.131. The maximum Gasteiger partial charge on any atom is 0.298 e. The predicted molar refractivity (Wildman–Crippen MR) is 124 cm³/mol. The van der Waals surface area contributed by atoms with E-state index in [4.69, 9.17) is 9.40 Å². The Hall–Kier alpha value is -3.53. The van der Waals surface area contributed by atoms with Crippen molar-refractivity contribution in [1.29, 1.82) is 0 Å². The molecule has 1 aliphatic carbocycles. The van der Waals surface area contributed by atoms with Crippen LogP contribution in [0.15, 0.2) is 83.3 Å². The molecule has 0 amide bonds. The fourth-order valence-electron chi connectivity index (χ4n) is 4.63. The fraction of sp³-hybridized carbons (Fsp3) is 0.222. The summed E-state index contributed by atoms with van der Waals surface area (Å²) in [5.74, 6) is 1.17. The molecular formula is C27H26N2O2. The zero-order valence-electron chi connectivity index (χ0n) is 17.7. The summed E-state index contributed by atoms with van der Waals surface area (Å²) < 4.78 is 6.46. The summed E-state index contributed by atoms with van der Waals surface area (Å²) in [6, 6.07) is 26.9. The quantitative estimate of drug-likeness (QED) is 0.402. The van der Waals surface area contributed by atoms with Crippen molar-refractivity contribution >= 4 is 6.01 Å². The summed E-state index contributed by atoms with van der Waals surface area (Å²) in [6.45, 7) is 2.90. The Morgan fingerprint density at radius 3 is 2.35 bits per heavy atom. The first-order valence-corrected chi connectivity index (χ1v) is 11.0. The number of phenolic OH excluding ortho intramolecular Hbond substituents is 1. The van der Waals surface area contributed by atoms with Gasteiger partial charge in [0.1, 0.15) is 11.4 Å². The van der Waals surface area contributed by atoms with E-state index in [1.54, 1.807) is 6.07 Å². The van der Waals surface area contributed by atoms with Gasteiger partial charge in [-0.1, -0.05) is 72.8 Å². The van der Waals surface area contributed by atoms with Gasteiger partial charge in [0, 0.05) is 17.7 Å². The van der Waals surface area contributed by atoms with Crippen LogP contribution in [-0.4, -0.2) is 16.6 Å². The Bertz CT molecular complexity index is 1110. The molecule has 4 nitrogen and oxygen atoms in total. The van der Waals surface area contributed by atoms with E-state index in [-0.39, 0.29) is 6.04 Å². The highest BCUT2D eigenvalue weighted by molar-refractivity contribution is 5.78. The van der Waals surface area contributed by atoms with Gasteiger partial charge in [-0.3, -0.25) is 0 Å². The van der Waals surface area contributed by atoms with Gasteiger partial charge < -0.3 is 14.4 Å². The number of rotatable bonds is 5. The van der Waals surface area contributed by atoms with Gasteiger partial charge in [0.25, 0.3) is 6.01 Å². The van der Waals surface area contributed by atoms with Crippen molar-refractivity contribution in [1.82, 2.24) is 4.98 Å². The van der Waals surface area contributed by atoms with Gasteiger partial charge >= 0.3 is 0 Å². The molecule has 4 aromatic rings. The largest absolute Gasteiger partial charge is 0.508 e. The minimum absolute atomic E-state index is 0.131. The molecule has 156 valence electrons. The molecule has 0 spiro atoms. The highest BCUT2D eigenvalue weighted by Crippen LogP contribution is 2.42. The highest BCUT2D eigenvalue weighted by Gasteiger charge is 2.30. The molecule has 0 radical (unpaired) electrons. The smallest absolute Gasteiger partial charge is 0.298 e. The standard InChI is InChI=1S/C27H26N2O2/c1-2-29(23-17-9-16-22-21(23)15-10-18-24(22)30)27-28-25(19-11-5-3-6-12-19)26(31-27)20-13-7-4-8-14-20/h3-8,10-15,18,23,30H,2,9,16-17H2,1H3. The number of aromatic nitrogens is 1. The summed E-state index contributed by atoms with van der Waals surface area (Å²) in [5, 5.41) is 10.4. The van der Waals surface area contributed by atoms with Crippen LogP contribution in [0.1, 0.15) is 36.9 Å². The SMILES string of the molecule is CCN(c1nc(-c2ccccc2)c(-c2ccccc2)o1)C1CCCc2c(O)cccc21. The molecule has 1 aliphatic rings. The first-order valence-electron chi connectivity index (χ1n) is 11.0. The third kappa shape index (κ3) is 3.59. The number of hydrogen-bond acceptors (Lipinski definition) is 4. The van der Waals surface area contributed by atoms with Crippen LogP contribution in [0.4, 0.5) is 6.01 Å². The maximum absolute atomic E-state index is 10.4. The maximum atomic E-state index is 10.4. The Kier molecular flexibility index (Phi) is 5.21. The molecule has 1 N–H and O–H groups in total. The van der Waals surface area contributed by atoms with Crippen LogP contribution in [-0.2, 0) is 6.42 Å². The minimum Gasteiger partial charge on any atom is -0.508 e. The first-order chi connectivity index (χ1) is 15.3. The second-order valence-electron chi connectivity index (χ2n) is 7.95. The molecule has 3 aromatic carbocycles. The molecule has 1 atom stereocenters. The molecule has 1 aromatic heterocycles. The predicted octanol–water partition coefficient (Wildman–Crippen LogP) is 6.62. The van der Waals surface area contributed by atoms with E-state index in [2.05, 4.69) is 42.2 Å². The van der Waals surface area contributed by atoms with Gasteiger partial charge in [0.05, 0.1) is 6.04 Å². The van der Waals surface area contributed by atoms with Gasteiger partial charge in [-0.2, -0.15) is 4.98 Å². The van der Waals surface area contributed by atoms with Crippen molar-refractivity contribution in [3.05, 3.63) is 90.0 Å². The second kappa shape index (κ2) is 8.31. The Morgan fingerprint density at radius 1 is 0.935 bits per heavy atom. The van der Waals surface area contributed by atoms with Crippen molar-refractivity contribution in [2.75, 3.05) is 11.4 Å². The van der Waals surface area contributed by atoms with E-state index < -0.39 is 0 Å². The topological polar surface area (TPSA) is 49.5 Å². The summed E-state index contributed by atoms with van der Waals surface area (Å²) in [4.78, 5) is 7.23. The fourth-order valence-corrected chi connectivity index (χ4v) is 4.63. The van der Waals surface area contributed by atoms with Crippen LogP contribution in [0.5, 0.6) is 5.75 Å². The van der Waals surface area contributed by atoms with Crippen LogP contribution in [0, 0.1) is 0 Å². The number of nitrogens with zero attached hydrogens (tertiary/aromatic N) is 2. The number of fused-ring (bicyclic) bond motifs is 1. The van der Waals surface area contributed by atoms with E-state index >= 15 is 0 Å². The lowest BCUT2D eigenvalue weighted by Gasteiger charge is -2.34. The molecule has 0 aliphatic heterocycles. The number of oxazole rings is 1. The lowest BCUT2D eigenvalue weighted by Crippen LogP contribution is -2.31. The molecule has 5 rings (SSSR count). The molecule has 4 heteroatoms. The number of phenols is 1. The number of hydrogen-bond donors (Lipinski definition) is 1. The lowest BCUT2D eigenvalue weighted by atomic mass is 9.86. The summed E-state index contributed by atoms with van der Waals surface area (Å²) in [5.41, 5.74) is 5.13. The Balaban J connectivity index is 1.62. The Morgan fingerprint density at radius 2 is 1.65 bits per heavy atom. The normalized spacial score (nSPS) is 15.5. The monoisotopic (exact) mass is 410 g/mol. The molecule has 0 fully saturated rings. The van der Waals surface area contributed by atoms with Gasteiger partial charge in [0.15, 0.2) is 5.76 Å². The zero-order chi connectivity index (χ0) is 21.2. The van der Waals surface area contributed by atoms with Crippen LogP contribution in [0.2, 0.25) is 0 Å². The molecule has 0 bridgehead atoms. The van der Waals surface area contributed by atoms with Gasteiger partial charge in [0.2, 0.25) is 0 Å². The van der Waals surface area contributed by atoms with Gasteiger partial charge in [-0.25, -0.2) is 0 Å². The van der Waals surface area contributed by atoms with Crippen molar-refractivity contribution in [2.24, 2.45) is 0 Å². The van der Waals surface area contributed by atoms with E-state index in [9.17, 15) is 5.11 Å². The van der Waals surface area contributed by atoms with Gasteiger partial charge in [-0.05, 0) is 43.4 Å². The lowest BCUT2D eigenvalue weighted by molar-refractivity contribution is 0.439. The van der Waals surface area contributed by atoms with Crippen molar-refractivity contribution in [3.8, 4) is 28.3 Å². The van der Waals surface area contributed by atoms with Crippen LogP contribution < -0.4 is 4.90 Å². The third-order valence-corrected chi connectivity index (χ3v) is 6.11. The first kappa shape index (κ1) is 19.4. The number of aromatic hydroxyl groups is 1. The summed E-state index contributed by atoms with van der Waals surface area (Å²) in [7, 11) is 0. The van der Waals surface area contributed by atoms with E-state index in [0.717, 1.165) is 54.0 Å². The van der Waals surface area contributed by atoms with Crippen LogP contribution in [0.3, 0.4) is 0 Å². The number of anilines is 1. The highest BCUT2D eigenvalue weighted by atomic mass is 16.4. The molecule has 31 heavy (non-hydrogen) atoms. The van der Waals surface area contributed by atoms with Crippen molar-refractivity contribution < 1.29 is 9.52 Å². The van der Waals surface area contributed by atoms with E-state index in [1.807, 2.05) is 42.5 Å². The second-order valence-corrected chi connectivity index (χ2v) is 7.95. The van der Waals surface area contributed by atoms with E-state index in [1.165, 1.54) is 5.56 Å². The molecule has 1 heterocycles.